The summed E-state index contributed by atoms with van der Waals surface area (Å²) in [6.07, 6.45) is 19.9. The summed E-state index contributed by atoms with van der Waals surface area (Å²) in [6, 6.07) is 0. The van der Waals surface area contributed by atoms with Crippen molar-refractivity contribution >= 4 is 5.97 Å². The average molecular weight is 278 g/mol. The third-order valence-corrected chi connectivity index (χ3v) is 3.70. The van der Waals surface area contributed by atoms with E-state index in [4.69, 9.17) is 4.74 Å². The molecule has 20 heavy (non-hydrogen) atoms. The minimum Gasteiger partial charge on any atom is -0.431 e. The number of carbonyl (C=O) groups is 1. The molecular weight excluding hydrogens is 248 g/mol. The van der Waals surface area contributed by atoms with Crippen LogP contribution in [0.2, 0.25) is 0 Å². The first kappa shape index (κ1) is 17.0. The predicted octanol–water partition coefficient (Wildman–Crippen LogP) is 5.68. The molecule has 0 radical (unpaired) electrons. The van der Waals surface area contributed by atoms with Crippen LogP contribution in [-0.4, -0.2) is 5.97 Å². The van der Waals surface area contributed by atoms with E-state index >= 15 is 0 Å². The highest BCUT2D eigenvalue weighted by atomic mass is 16.5. The van der Waals surface area contributed by atoms with Gasteiger partial charge in [-0.25, -0.2) is 0 Å². The van der Waals surface area contributed by atoms with Crippen LogP contribution >= 0.6 is 0 Å². The monoisotopic (exact) mass is 278 g/mol. The van der Waals surface area contributed by atoms with Gasteiger partial charge in [0.2, 0.25) is 0 Å². The van der Waals surface area contributed by atoms with Crippen LogP contribution < -0.4 is 0 Å². The minimum absolute atomic E-state index is 0.0607. The van der Waals surface area contributed by atoms with Crippen LogP contribution in [0.25, 0.3) is 0 Å². The Bertz CT molecular complexity index is 315. The molecule has 0 saturated heterocycles. The number of ether oxygens (including phenoxy) is 1. The van der Waals surface area contributed by atoms with Gasteiger partial charge >= 0.3 is 5.97 Å². The molecule has 0 aromatic carbocycles. The fraction of sp³-hybridized carbons (Fsp3) is 0.722. The maximum absolute atomic E-state index is 11.6. The van der Waals surface area contributed by atoms with Crippen molar-refractivity contribution in [2.24, 2.45) is 0 Å². The molecule has 114 valence electrons. The van der Waals surface area contributed by atoms with Crippen LogP contribution in [0.5, 0.6) is 0 Å². The van der Waals surface area contributed by atoms with E-state index in [-0.39, 0.29) is 5.97 Å². The second-order valence-corrected chi connectivity index (χ2v) is 5.65. The molecule has 0 heterocycles. The molecule has 0 atom stereocenters. The lowest BCUT2D eigenvalue weighted by Gasteiger charge is -2.09. The van der Waals surface area contributed by atoms with Crippen LogP contribution in [0.15, 0.2) is 24.0 Å². The number of hydrogen-bond acceptors (Lipinski definition) is 2. The zero-order valence-electron chi connectivity index (χ0n) is 13.0. The van der Waals surface area contributed by atoms with E-state index in [1.165, 1.54) is 44.9 Å². The van der Waals surface area contributed by atoms with Gasteiger partial charge in [-0.15, -0.1) is 0 Å². The molecule has 0 unspecified atom stereocenters. The number of esters is 1. The van der Waals surface area contributed by atoms with E-state index in [1.54, 1.807) is 0 Å². The Morgan fingerprint density at radius 1 is 1.05 bits per heavy atom. The first-order chi connectivity index (χ1) is 9.83. The number of hydrogen-bond donors (Lipinski definition) is 0. The first-order valence-electron chi connectivity index (χ1n) is 8.39. The SMILES string of the molecule is CCCCCCCCCCCC(=O)OC1=CC=CCC1. The van der Waals surface area contributed by atoms with Crippen molar-refractivity contribution in [2.45, 2.75) is 84.0 Å². The Morgan fingerprint density at radius 3 is 2.30 bits per heavy atom. The van der Waals surface area contributed by atoms with Crippen LogP contribution in [0, 0.1) is 0 Å². The van der Waals surface area contributed by atoms with Crippen molar-refractivity contribution in [3.8, 4) is 0 Å². The topological polar surface area (TPSA) is 26.3 Å². The van der Waals surface area contributed by atoms with Crippen molar-refractivity contribution in [2.75, 3.05) is 0 Å². The van der Waals surface area contributed by atoms with Gasteiger partial charge in [0.1, 0.15) is 5.76 Å². The summed E-state index contributed by atoms with van der Waals surface area (Å²) >= 11 is 0. The van der Waals surface area contributed by atoms with Gasteiger partial charge in [0.15, 0.2) is 0 Å². The lowest BCUT2D eigenvalue weighted by molar-refractivity contribution is -0.139. The van der Waals surface area contributed by atoms with Crippen LogP contribution in [0.1, 0.15) is 84.0 Å². The molecule has 2 heteroatoms. The summed E-state index contributed by atoms with van der Waals surface area (Å²) in [5, 5.41) is 0. The standard InChI is InChI=1S/C18H30O2/c1-2-3-4-5-6-7-8-9-13-16-18(19)20-17-14-11-10-12-15-17/h10-11,14H,2-9,12-13,15-16H2,1H3. The Labute approximate surface area is 124 Å². The third kappa shape index (κ3) is 8.95. The number of rotatable bonds is 11. The van der Waals surface area contributed by atoms with Crippen LogP contribution in [0.3, 0.4) is 0 Å². The maximum Gasteiger partial charge on any atom is 0.310 e. The van der Waals surface area contributed by atoms with E-state index in [0.717, 1.165) is 31.4 Å². The van der Waals surface area contributed by atoms with Gasteiger partial charge in [-0.05, 0) is 18.9 Å². The van der Waals surface area contributed by atoms with Crippen LogP contribution in [-0.2, 0) is 9.53 Å². The van der Waals surface area contributed by atoms with Crippen molar-refractivity contribution in [1.82, 2.24) is 0 Å². The summed E-state index contributed by atoms with van der Waals surface area (Å²) in [4.78, 5) is 11.6. The average Bonchev–Trinajstić information content (AvgIpc) is 2.46. The van der Waals surface area contributed by atoms with E-state index in [0.29, 0.717) is 6.42 Å². The highest BCUT2D eigenvalue weighted by molar-refractivity contribution is 5.70. The normalized spacial score (nSPS) is 14.2. The first-order valence-corrected chi connectivity index (χ1v) is 8.39. The highest BCUT2D eigenvalue weighted by Crippen LogP contribution is 2.15. The zero-order chi connectivity index (χ0) is 14.5. The van der Waals surface area contributed by atoms with Gasteiger partial charge < -0.3 is 4.74 Å². The summed E-state index contributed by atoms with van der Waals surface area (Å²) in [5.41, 5.74) is 0. The Balaban J connectivity index is 1.89. The zero-order valence-corrected chi connectivity index (χ0v) is 13.0. The van der Waals surface area contributed by atoms with Gasteiger partial charge in [0, 0.05) is 12.8 Å². The third-order valence-electron chi connectivity index (χ3n) is 3.70. The van der Waals surface area contributed by atoms with Gasteiger partial charge in [0.05, 0.1) is 0 Å². The van der Waals surface area contributed by atoms with Gasteiger partial charge in [-0.3, -0.25) is 4.79 Å². The lowest BCUT2D eigenvalue weighted by Crippen LogP contribution is -2.05. The van der Waals surface area contributed by atoms with E-state index < -0.39 is 0 Å². The molecule has 0 aliphatic heterocycles. The number of unbranched alkanes of at least 4 members (excludes halogenated alkanes) is 8. The molecule has 0 N–H and O–H groups in total. The smallest absolute Gasteiger partial charge is 0.310 e. The summed E-state index contributed by atoms with van der Waals surface area (Å²) in [5.74, 6) is 0.767. The molecule has 2 nitrogen and oxygen atoms in total. The minimum atomic E-state index is -0.0607. The summed E-state index contributed by atoms with van der Waals surface area (Å²) < 4.78 is 5.33. The molecule has 1 aliphatic rings. The number of allylic oxidation sites excluding steroid dienone is 4. The van der Waals surface area contributed by atoms with Crippen molar-refractivity contribution in [3.63, 3.8) is 0 Å². The maximum atomic E-state index is 11.6. The second kappa shape index (κ2) is 11.7. The molecule has 0 amide bonds. The molecular formula is C18H30O2. The Kier molecular flexibility index (Phi) is 9.99. The lowest BCUT2D eigenvalue weighted by atomic mass is 10.1. The molecule has 0 fully saturated rings. The highest BCUT2D eigenvalue weighted by Gasteiger charge is 2.07. The van der Waals surface area contributed by atoms with E-state index in [2.05, 4.69) is 13.0 Å². The number of carbonyl (C=O) groups excluding carboxylic acids is 1. The molecule has 1 aliphatic carbocycles. The van der Waals surface area contributed by atoms with Crippen molar-refractivity contribution < 1.29 is 9.53 Å². The Hall–Kier alpha value is -1.05. The molecule has 0 aromatic rings. The van der Waals surface area contributed by atoms with Crippen LogP contribution in [0.4, 0.5) is 0 Å². The summed E-state index contributed by atoms with van der Waals surface area (Å²) in [7, 11) is 0. The largest absolute Gasteiger partial charge is 0.431 e. The quantitative estimate of drug-likeness (QED) is 0.359. The van der Waals surface area contributed by atoms with Gasteiger partial charge in [0.25, 0.3) is 0 Å². The van der Waals surface area contributed by atoms with Crippen molar-refractivity contribution in [3.05, 3.63) is 24.0 Å². The fourth-order valence-corrected chi connectivity index (χ4v) is 2.44. The second-order valence-electron chi connectivity index (χ2n) is 5.65. The Morgan fingerprint density at radius 2 is 1.70 bits per heavy atom. The van der Waals surface area contributed by atoms with Gasteiger partial charge in [-0.2, -0.15) is 0 Å². The molecule has 0 bridgehead atoms. The fourth-order valence-electron chi connectivity index (χ4n) is 2.44. The van der Waals surface area contributed by atoms with E-state index in [9.17, 15) is 4.79 Å². The molecule has 1 rings (SSSR count). The van der Waals surface area contributed by atoms with E-state index in [1.807, 2.05) is 12.2 Å². The molecule has 0 saturated carbocycles. The molecule has 0 spiro atoms. The molecule has 0 aromatic heterocycles. The van der Waals surface area contributed by atoms with Crippen molar-refractivity contribution in [1.29, 1.82) is 0 Å². The van der Waals surface area contributed by atoms with Gasteiger partial charge in [-0.1, -0.05) is 70.4 Å². The predicted molar refractivity (Wildman–Crippen MR) is 84.4 cm³/mol. The summed E-state index contributed by atoms with van der Waals surface area (Å²) in [6.45, 7) is 2.25.